The maximum Gasteiger partial charge on any atom is 0.324 e. The average molecular weight is 494 g/mol. The molecule has 0 radical (unpaired) electrons. The second kappa shape index (κ2) is 9.37. The molecular weight excluding hydrogens is 476 g/mol. The monoisotopic (exact) mass is 494 g/mol. The van der Waals surface area contributed by atoms with Crippen molar-refractivity contribution < 1.29 is 30.7 Å². The number of hydrogen-bond donors (Lipinski definition) is 1. The molecule has 0 amide bonds. The number of ether oxygens (including phenoxy) is 1. The molecule has 0 bridgehead atoms. The molecule has 3 aromatic rings. The fourth-order valence-electron chi connectivity index (χ4n) is 3.35. The summed E-state index contributed by atoms with van der Waals surface area (Å²) >= 11 is 0. The number of hydrogen-bond acceptors (Lipinski definition) is 7. The van der Waals surface area contributed by atoms with Crippen molar-refractivity contribution in [3.63, 3.8) is 0 Å². The number of fused-ring (bicyclic) bond motifs is 1. The molecule has 2 heterocycles. The third-order valence-electron chi connectivity index (χ3n) is 4.85. The number of aromatic nitrogens is 2. The number of benzene rings is 2. The number of nitrogens with one attached hydrogen (secondary N) is 1. The van der Waals surface area contributed by atoms with Gasteiger partial charge in [-0.25, -0.2) is 26.0 Å². The van der Waals surface area contributed by atoms with Crippen LogP contribution in [0.1, 0.15) is 23.2 Å². The normalized spacial score (nSPS) is 12.9. The van der Waals surface area contributed by atoms with Crippen molar-refractivity contribution in [2.45, 2.75) is 13.0 Å². The molecule has 1 N–H and O–H groups in total. The zero-order valence-corrected chi connectivity index (χ0v) is 18.6. The topological polar surface area (TPSA) is 93.5 Å². The number of aliphatic imine (C=N–C) groups is 1. The van der Waals surface area contributed by atoms with Crippen LogP contribution in [0.4, 0.5) is 23.4 Å². The first-order chi connectivity index (χ1) is 16.1. The van der Waals surface area contributed by atoms with Crippen LogP contribution in [0.2, 0.25) is 0 Å². The molecule has 0 fully saturated rings. The van der Waals surface area contributed by atoms with Gasteiger partial charge in [0.25, 0.3) is 0 Å². The molecule has 2 aromatic carbocycles. The first kappa shape index (κ1) is 23.6. The van der Waals surface area contributed by atoms with E-state index < -0.39 is 33.1 Å². The Morgan fingerprint density at radius 1 is 1.00 bits per heavy atom. The SMILES string of the molecule is CS(=O)(=O)CCCNc1nc(Oc2ccc(F)cc2F)nc2c1C(c1cc(F)ccc1F)=NC2. The molecule has 0 unspecified atom stereocenters. The Bertz CT molecular complexity index is 1400. The van der Waals surface area contributed by atoms with Crippen molar-refractivity contribution in [1.82, 2.24) is 9.97 Å². The first-order valence-electron chi connectivity index (χ1n) is 10.1. The zero-order chi connectivity index (χ0) is 24.5. The lowest BCUT2D eigenvalue weighted by molar-refractivity contribution is 0.407. The average Bonchev–Trinajstić information content (AvgIpc) is 3.18. The van der Waals surface area contributed by atoms with Gasteiger partial charge in [0, 0.05) is 24.4 Å². The van der Waals surface area contributed by atoms with Gasteiger partial charge in [-0.1, -0.05) is 0 Å². The fourth-order valence-corrected chi connectivity index (χ4v) is 4.02. The second-order valence-corrected chi connectivity index (χ2v) is 9.81. The van der Waals surface area contributed by atoms with Crippen LogP contribution in [-0.2, 0) is 16.4 Å². The molecule has 0 saturated heterocycles. The molecule has 1 aromatic heterocycles. The van der Waals surface area contributed by atoms with Gasteiger partial charge in [-0.05, 0) is 36.8 Å². The van der Waals surface area contributed by atoms with E-state index in [0.29, 0.717) is 11.8 Å². The highest BCUT2D eigenvalue weighted by atomic mass is 32.2. The minimum atomic E-state index is -3.20. The van der Waals surface area contributed by atoms with E-state index in [1.165, 1.54) is 0 Å². The third kappa shape index (κ3) is 5.33. The largest absolute Gasteiger partial charge is 0.421 e. The number of halogens is 4. The molecule has 1 aliphatic heterocycles. The van der Waals surface area contributed by atoms with Crippen LogP contribution in [-0.4, -0.2) is 42.7 Å². The lowest BCUT2D eigenvalue weighted by Crippen LogP contribution is -2.15. The highest BCUT2D eigenvalue weighted by Crippen LogP contribution is 2.32. The molecule has 4 rings (SSSR count). The van der Waals surface area contributed by atoms with Gasteiger partial charge >= 0.3 is 6.01 Å². The summed E-state index contributed by atoms with van der Waals surface area (Å²) in [6.45, 7) is 0.156. The third-order valence-corrected chi connectivity index (χ3v) is 5.88. The van der Waals surface area contributed by atoms with E-state index in [4.69, 9.17) is 4.74 Å². The quantitative estimate of drug-likeness (QED) is 0.376. The van der Waals surface area contributed by atoms with Crippen molar-refractivity contribution in [3.8, 4) is 11.8 Å². The van der Waals surface area contributed by atoms with Gasteiger partial charge in [-0.3, -0.25) is 4.99 Å². The smallest absolute Gasteiger partial charge is 0.324 e. The van der Waals surface area contributed by atoms with E-state index in [9.17, 15) is 26.0 Å². The Labute approximate surface area is 192 Å². The predicted molar refractivity (Wildman–Crippen MR) is 117 cm³/mol. The predicted octanol–water partition coefficient (Wildman–Crippen LogP) is 4.02. The summed E-state index contributed by atoms with van der Waals surface area (Å²) in [5, 5.41) is 2.95. The van der Waals surface area contributed by atoms with Crippen LogP contribution in [0, 0.1) is 23.3 Å². The highest BCUT2D eigenvalue weighted by molar-refractivity contribution is 7.90. The van der Waals surface area contributed by atoms with Gasteiger partial charge in [0.2, 0.25) is 0 Å². The van der Waals surface area contributed by atoms with Crippen LogP contribution in [0.3, 0.4) is 0 Å². The first-order valence-corrected chi connectivity index (χ1v) is 12.1. The van der Waals surface area contributed by atoms with Crippen molar-refractivity contribution in [2.75, 3.05) is 23.9 Å². The molecule has 0 atom stereocenters. The standard InChI is InChI=1S/C22H18F4N4O3S/c1-34(31,32)8-2-7-27-21-19-17(11-28-20(19)14-9-12(23)3-5-15(14)25)29-22(30-21)33-18-6-4-13(24)10-16(18)26/h3-6,9-10H,2,7-8,11H2,1H3,(H,27,29,30). The molecule has 1 aliphatic rings. The van der Waals surface area contributed by atoms with Crippen molar-refractivity contribution >= 4 is 21.4 Å². The van der Waals surface area contributed by atoms with Gasteiger partial charge in [0.05, 0.1) is 29.3 Å². The minimum Gasteiger partial charge on any atom is -0.421 e. The van der Waals surface area contributed by atoms with E-state index >= 15 is 0 Å². The van der Waals surface area contributed by atoms with Gasteiger partial charge in [0.15, 0.2) is 11.6 Å². The Balaban J connectivity index is 1.70. The van der Waals surface area contributed by atoms with Crippen molar-refractivity contribution in [1.29, 1.82) is 0 Å². The molecule has 178 valence electrons. The Kier molecular flexibility index (Phi) is 6.51. The summed E-state index contributed by atoms with van der Waals surface area (Å²) in [6.07, 6.45) is 1.34. The molecule has 0 aliphatic carbocycles. The molecule has 7 nitrogen and oxygen atoms in total. The fraction of sp³-hybridized carbons (Fsp3) is 0.227. The summed E-state index contributed by atoms with van der Waals surface area (Å²) in [4.78, 5) is 12.7. The van der Waals surface area contributed by atoms with Gasteiger partial charge < -0.3 is 10.1 Å². The Morgan fingerprint density at radius 2 is 1.74 bits per heavy atom. The minimum absolute atomic E-state index is 0.0105. The van der Waals surface area contributed by atoms with E-state index in [1.807, 2.05) is 0 Å². The van der Waals surface area contributed by atoms with E-state index in [0.717, 1.165) is 36.6 Å². The molecular formula is C22H18F4N4O3S. The van der Waals surface area contributed by atoms with E-state index in [-0.39, 0.29) is 59.7 Å². The molecule has 12 heteroatoms. The Hall–Kier alpha value is -3.54. The number of nitrogens with zero attached hydrogens (tertiary/aromatic N) is 3. The van der Waals surface area contributed by atoms with Crippen LogP contribution < -0.4 is 10.1 Å². The van der Waals surface area contributed by atoms with Crippen LogP contribution >= 0.6 is 0 Å². The molecule has 0 spiro atoms. The summed E-state index contributed by atoms with van der Waals surface area (Å²) in [5.74, 6) is -3.41. The van der Waals surface area contributed by atoms with Crippen LogP contribution in [0.25, 0.3) is 0 Å². The highest BCUT2D eigenvalue weighted by Gasteiger charge is 2.28. The summed E-state index contributed by atoms with van der Waals surface area (Å²) < 4.78 is 83.7. The van der Waals surface area contributed by atoms with E-state index in [2.05, 4.69) is 20.3 Å². The number of anilines is 1. The lowest BCUT2D eigenvalue weighted by Gasteiger charge is -2.14. The summed E-state index contributed by atoms with van der Waals surface area (Å²) in [6, 6.07) is 5.38. The van der Waals surface area contributed by atoms with Crippen LogP contribution in [0.5, 0.6) is 11.8 Å². The van der Waals surface area contributed by atoms with Crippen molar-refractivity contribution in [3.05, 3.63) is 76.5 Å². The van der Waals surface area contributed by atoms with Crippen LogP contribution in [0.15, 0.2) is 41.4 Å². The van der Waals surface area contributed by atoms with E-state index in [1.54, 1.807) is 0 Å². The number of sulfone groups is 1. The van der Waals surface area contributed by atoms with Gasteiger partial charge in [0.1, 0.15) is 33.1 Å². The lowest BCUT2D eigenvalue weighted by atomic mass is 10.0. The summed E-state index contributed by atoms with van der Waals surface area (Å²) in [7, 11) is -3.20. The Morgan fingerprint density at radius 3 is 2.47 bits per heavy atom. The van der Waals surface area contributed by atoms with Gasteiger partial charge in [-0.15, -0.1) is 0 Å². The maximum atomic E-state index is 14.5. The zero-order valence-electron chi connectivity index (χ0n) is 17.8. The molecule has 0 saturated carbocycles. The van der Waals surface area contributed by atoms with Gasteiger partial charge in [-0.2, -0.15) is 9.97 Å². The summed E-state index contributed by atoms with van der Waals surface area (Å²) in [5.41, 5.74) is 0.601. The second-order valence-electron chi connectivity index (χ2n) is 7.55. The maximum absolute atomic E-state index is 14.5. The molecule has 34 heavy (non-hydrogen) atoms. The van der Waals surface area contributed by atoms with Crippen molar-refractivity contribution in [2.24, 2.45) is 4.99 Å². The number of rotatable bonds is 8.